The van der Waals surface area contributed by atoms with Crippen LogP contribution in [-0.2, 0) is 4.79 Å². The minimum absolute atomic E-state index is 0.367. The summed E-state index contributed by atoms with van der Waals surface area (Å²) in [5.41, 5.74) is 1.96. The zero-order valence-corrected chi connectivity index (χ0v) is 11.4. The monoisotopic (exact) mass is 276 g/mol. The van der Waals surface area contributed by atoms with E-state index in [4.69, 9.17) is 21.1 Å². The average Bonchev–Trinajstić information content (AvgIpc) is 2.41. The second-order valence-electron chi connectivity index (χ2n) is 3.97. The molecule has 0 heterocycles. The molecule has 0 bridgehead atoms. The number of carbonyl (C=O) groups is 1. The maximum absolute atomic E-state index is 10.9. The Kier molecular flexibility index (Phi) is 4.07. The van der Waals surface area contributed by atoms with E-state index < -0.39 is 0 Å². The lowest BCUT2D eigenvalue weighted by atomic mass is 10.1. The number of rotatable bonds is 3. The minimum Gasteiger partial charge on any atom is -0.497 e. The van der Waals surface area contributed by atoms with E-state index in [1.165, 1.54) is 6.92 Å². The Morgan fingerprint density at radius 2 is 1.68 bits per heavy atom. The Labute approximate surface area is 116 Å². The van der Waals surface area contributed by atoms with Gasteiger partial charge in [0.15, 0.2) is 0 Å². The van der Waals surface area contributed by atoms with E-state index >= 15 is 0 Å². The van der Waals surface area contributed by atoms with E-state index in [9.17, 15) is 4.79 Å². The summed E-state index contributed by atoms with van der Waals surface area (Å²) in [6, 6.07) is 12.9. The summed E-state index contributed by atoms with van der Waals surface area (Å²) in [7, 11) is 1.62. The molecule has 0 aliphatic heterocycles. The number of halogens is 1. The van der Waals surface area contributed by atoms with Gasteiger partial charge in [0.2, 0.25) is 0 Å². The van der Waals surface area contributed by atoms with Gasteiger partial charge in [-0.15, -0.1) is 0 Å². The van der Waals surface area contributed by atoms with E-state index in [1.54, 1.807) is 19.2 Å². The van der Waals surface area contributed by atoms with Gasteiger partial charge in [-0.2, -0.15) is 0 Å². The first-order valence-electron chi connectivity index (χ1n) is 5.72. The lowest BCUT2D eigenvalue weighted by Crippen LogP contribution is -2.01. The molecule has 0 spiro atoms. The van der Waals surface area contributed by atoms with Crippen molar-refractivity contribution in [3.8, 4) is 22.6 Å². The number of carbonyl (C=O) groups excluding carboxylic acids is 1. The highest BCUT2D eigenvalue weighted by Crippen LogP contribution is 2.31. The van der Waals surface area contributed by atoms with Crippen molar-refractivity contribution in [3.63, 3.8) is 0 Å². The Bertz CT molecular complexity index is 591. The van der Waals surface area contributed by atoms with Crippen LogP contribution in [0.4, 0.5) is 0 Å². The van der Waals surface area contributed by atoms with Crippen molar-refractivity contribution in [1.29, 1.82) is 0 Å². The first kappa shape index (κ1) is 13.4. The highest BCUT2D eigenvalue weighted by atomic mass is 35.5. The SMILES string of the molecule is COc1ccc(-c2ccc(OC(C)=O)c(Cl)c2)cc1. The van der Waals surface area contributed by atoms with Crippen LogP contribution in [0, 0.1) is 0 Å². The Hall–Kier alpha value is -2.00. The lowest BCUT2D eigenvalue weighted by molar-refractivity contribution is -0.131. The molecule has 0 amide bonds. The summed E-state index contributed by atoms with van der Waals surface area (Å²) < 4.78 is 10.1. The van der Waals surface area contributed by atoms with Crippen molar-refractivity contribution >= 4 is 17.6 Å². The molecule has 2 rings (SSSR count). The molecule has 0 radical (unpaired) electrons. The van der Waals surface area contributed by atoms with E-state index in [-0.39, 0.29) is 5.97 Å². The first-order chi connectivity index (χ1) is 9.10. The smallest absolute Gasteiger partial charge is 0.308 e. The summed E-state index contributed by atoms with van der Waals surface area (Å²) in [6.07, 6.45) is 0. The van der Waals surface area contributed by atoms with Crippen molar-refractivity contribution < 1.29 is 14.3 Å². The van der Waals surface area contributed by atoms with Gasteiger partial charge in [-0.25, -0.2) is 0 Å². The fraction of sp³-hybridized carbons (Fsp3) is 0.133. The van der Waals surface area contributed by atoms with Gasteiger partial charge in [-0.05, 0) is 35.4 Å². The van der Waals surface area contributed by atoms with Crippen LogP contribution in [0.25, 0.3) is 11.1 Å². The molecule has 19 heavy (non-hydrogen) atoms. The van der Waals surface area contributed by atoms with Gasteiger partial charge in [-0.3, -0.25) is 4.79 Å². The lowest BCUT2D eigenvalue weighted by Gasteiger charge is -2.07. The number of ether oxygens (including phenoxy) is 2. The van der Waals surface area contributed by atoms with Gasteiger partial charge in [-0.1, -0.05) is 29.8 Å². The molecule has 3 nitrogen and oxygen atoms in total. The third kappa shape index (κ3) is 3.26. The molecule has 0 aliphatic carbocycles. The van der Waals surface area contributed by atoms with Crippen molar-refractivity contribution in [1.82, 2.24) is 0 Å². The molecule has 0 unspecified atom stereocenters. The molecule has 98 valence electrons. The van der Waals surface area contributed by atoms with Gasteiger partial charge in [0.05, 0.1) is 12.1 Å². The number of methoxy groups -OCH3 is 1. The molecular weight excluding hydrogens is 264 g/mol. The Balaban J connectivity index is 2.30. The highest BCUT2D eigenvalue weighted by Gasteiger charge is 2.07. The quantitative estimate of drug-likeness (QED) is 0.629. The van der Waals surface area contributed by atoms with E-state index in [0.717, 1.165) is 16.9 Å². The molecule has 0 N–H and O–H groups in total. The van der Waals surface area contributed by atoms with Crippen LogP contribution in [-0.4, -0.2) is 13.1 Å². The number of benzene rings is 2. The molecule has 0 saturated carbocycles. The normalized spacial score (nSPS) is 10.1. The van der Waals surface area contributed by atoms with Crippen molar-refractivity contribution in [2.24, 2.45) is 0 Å². The molecule has 0 saturated heterocycles. The largest absolute Gasteiger partial charge is 0.497 e. The number of hydrogen-bond donors (Lipinski definition) is 0. The van der Waals surface area contributed by atoms with E-state index in [0.29, 0.717) is 10.8 Å². The molecule has 2 aromatic carbocycles. The zero-order chi connectivity index (χ0) is 13.8. The predicted octanol–water partition coefficient (Wildman–Crippen LogP) is 3.94. The fourth-order valence-corrected chi connectivity index (χ4v) is 1.92. The van der Waals surface area contributed by atoms with E-state index in [2.05, 4.69) is 0 Å². The maximum Gasteiger partial charge on any atom is 0.308 e. The number of esters is 1. The standard InChI is InChI=1S/C15H13ClO3/c1-10(17)19-15-8-5-12(9-14(15)16)11-3-6-13(18-2)7-4-11/h3-9H,1-2H3. The van der Waals surface area contributed by atoms with Crippen LogP contribution >= 0.6 is 11.6 Å². The summed E-state index contributed by atoms with van der Waals surface area (Å²) in [5, 5.41) is 0.406. The molecular formula is C15H13ClO3. The van der Waals surface area contributed by atoms with Crippen LogP contribution in [0.5, 0.6) is 11.5 Å². The van der Waals surface area contributed by atoms with Crippen molar-refractivity contribution in [2.75, 3.05) is 7.11 Å². The zero-order valence-electron chi connectivity index (χ0n) is 10.6. The van der Waals surface area contributed by atoms with Crippen LogP contribution < -0.4 is 9.47 Å². The molecule has 0 aromatic heterocycles. The highest BCUT2D eigenvalue weighted by molar-refractivity contribution is 6.32. The maximum atomic E-state index is 10.9. The van der Waals surface area contributed by atoms with Gasteiger partial charge < -0.3 is 9.47 Å². The average molecular weight is 277 g/mol. The third-order valence-corrected chi connectivity index (χ3v) is 2.90. The molecule has 4 heteroatoms. The molecule has 0 atom stereocenters. The predicted molar refractivity (Wildman–Crippen MR) is 74.7 cm³/mol. The first-order valence-corrected chi connectivity index (χ1v) is 6.10. The van der Waals surface area contributed by atoms with Crippen LogP contribution in [0.1, 0.15) is 6.92 Å². The summed E-state index contributed by atoms with van der Waals surface area (Å²) >= 11 is 6.08. The van der Waals surface area contributed by atoms with Gasteiger partial charge in [0.1, 0.15) is 11.5 Å². The van der Waals surface area contributed by atoms with Gasteiger partial charge >= 0.3 is 5.97 Å². The summed E-state index contributed by atoms with van der Waals surface area (Å²) in [4.78, 5) is 10.9. The third-order valence-electron chi connectivity index (χ3n) is 2.61. The molecule has 0 fully saturated rings. The Morgan fingerprint density at radius 3 is 2.21 bits per heavy atom. The molecule has 2 aromatic rings. The van der Waals surface area contributed by atoms with Crippen molar-refractivity contribution in [2.45, 2.75) is 6.92 Å². The second kappa shape index (κ2) is 5.76. The van der Waals surface area contributed by atoms with Crippen LogP contribution in [0.15, 0.2) is 42.5 Å². The summed E-state index contributed by atoms with van der Waals surface area (Å²) in [5.74, 6) is 0.775. The van der Waals surface area contributed by atoms with Crippen LogP contribution in [0.3, 0.4) is 0 Å². The second-order valence-corrected chi connectivity index (χ2v) is 4.37. The van der Waals surface area contributed by atoms with Crippen LogP contribution in [0.2, 0.25) is 5.02 Å². The summed E-state index contributed by atoms with van der Waals surface area (Å²) in [6.45, 7) is 1.34. The fourth-order valence-electron chi connectivity index (χ4n) is 1.70. The van der Waals surface area contributed by atoms with Crippen molar-refractivity contribution in [3.05, 3.63) is 47.5 Å². The molecule has 0 aliphatic rings. The number of hydrogen-bond acceptors (Lipinski definition) is 3. The Morgan fingerprint density at radius 1 is 1.05 bits per heavy atom. The van der Waals surface area contributed by atoms with E-state index in [1.807, 2.05) is 30.3 Å². The topological polar surface area (TPSA) is 35.5 Å². The minimum atomic E-state index is -0.390. The van der Waals surface area contributed by atoms with Gasteiger partial charge in [0.25, 0.3) is 0 Å². The van der Waals surface area contributed by atoms with Gasteiger partial charge in [0, 0.05) is 6.92 Å².